The van der Waals surface area contributed by atoms with Crippen molar-refractivity contribution >= 4 is 17.8 Å². The highest BCUT2D eigenvalue weighted by atomic mass is 16.7. The maximum absolute atomic E-state index is 12.7. The number of benzene rings is 1. The fourth-order valence-electron chi connectivity index (χ4n) is 2.13. The van der Waals surface area contributed by atoms with Gasteiger partial charge in [0.05, 0.1) is 6.42 Å². The first-order valence-electron chi connectivity index (χ1n) is 7.58. The van der Waals surface area contributed by atoms with Crippen LogP contribution in [0.5, 0.6) is 0 Å². The van der Waals surface area contributed by atoms with Crippen LogP contribution >= 0.6 is 0 Å². The lowest BCUT2D eigenvalue weighted by molar-refractivity contribution is -0.204. The Bertz CT molecular complexity index is 752. The summed E-state index contributed by atoms with van der Waals surface area (Å²) in [7, 11) is 0. The van der Waals surface area contributed by atoms with Gasteiger partial charge in [-0.05, 0) is 10.8 Å². The molecule has 0 spiro atoms. The monoisotopic (exact) mass is 375 g/mol. The molecule has 0 aliphatic carbocycles. The number of aliphatic carboxylic acids is 2. The molecule has 0 aromatic heterocycles. The summed E-state index contributed by atoms with van der Waals surface area (Å²) in [6, 6.07) is 5.41. The molecule has 27 heavy (non-hydrogen) atoms. The minimum absolute atomic E-state index is 0.117. The van der Waals surface area contributed by atoms with E-state index in [2.05, 4.69) is 16.1 Å². The van der Waals surface area contributed by atoms with Crippen LogP contribution in [-0.2, 0) is 25.6 Å². The van der Waals surface area contributed by atoms with E-state index in [4.69, 9.17) is 21.9 Å². The van der Waals surface area contributed by atoms with Gasteiger partial charge in [0.15, 0.2) is 12.1 Å². The van der Waals surface area contributed by atoms with Crippen molar-refractivity contribution in [2.45, 2.75) is 24.9 Å². The molecule has 0 saturated carbocycles. The number of carbonyl (C=O) groups is 3. The van der Waals surface area contributed by atoms with Crippen molar-refractivity contribution in [2.24, 2.45) is 5.22 Å². The molecule has 0 aliphatic heterocycles. The molecule has 2 atom stereocenters. The third-order valence-corrected chi connectivity index (χ3v) is 3.28. The van der Waals surface area contributed by atoms with Crippen LogP contribution in [0.3, 0.4) is 0 Å². The molecule has 0 unspecified atom stereocenters. The van der Waals surface area contributed by atoms with Crippen LogP contribution in [0.25, 0.3) is 10.4 Å². The average Bonchev–Trinajstić information content (AvgIpc) is 2.64. The van der Waals surface area contributed by atoms with Crippen molar-refractivity contribution in [3.8, 4) is 12.3 Å². The van der Waals surface area contributed by atoms with Crippen molar-refractivity contribution in [2.75, 3.05) is 6.61 Å². The lowest BCUT2D eigenvalue weighted by Gasteiger charge is -2.29. The predicted octanol–water partition coefficient (Wildman–Crippen LogP) is 0.734. The van der Waals surface area contributed by atoms with Crippen LogP contribution in [0, 0.1) is 12.3 Å². The van der Waals surface area contributed by atoms with Crippen LogP contribution in [0.15, 0.2) is 35.6 Å². The lowest BCUT2D eigenvalue weighted by Crippen LogP contribution is -2.53. The Balaban J connectivity index is 3.18. The molecule has 3 N–H and O–H groups in total. The van der Waals surface area contributed by atoms with Gasteiger partial charge in [0.1, 0.15) is 6.61 Å². The maximum atomic E-state index is 12.7. The van der Waals surface area contributed by atoms with Crippen LogP contribution in [0.4, 0.5) is 0 Å². The van der Waals surface area contributed by atoms with Gasteiger partial charge in [-0.2, -0.15) is 4.91 Å². The van der Waals surface area contributed by atoms with Crippen molar-refractivity contribution < 1.29 is 29.4 Å². The number of hydroxylamine groups is 2. The molecule has 0 fully saturated rings. The van der Waals surface area contributed by atoms with Crippen molar-refractivity contribution in [3.05, 3.63) is 46.3 Å². The molecule has 1 aromatic rings. The van der Waals surface area contributed by atoms with Gasteiger partial charge in [-0.3, -0.25) is 14.4 Å². The highest BCUT2D eigenvalue weighted by Gasteiger charge is 2.37. The Hall–Kier alpha value is -3.74. The van der Waals surface area contributed by atoms with Gasteiger partial charge >= 0.3 is 11.9 Å². The molecule has 0 bridgehead atoms. The second-order valence-electron chi connectivity index (χ2n) is 5.15. The Morgan fingerprint density at radius 2 is 2.00 bits per heavy atom. The topological polar surface area (TPSA) is 165 Å². The molecule has 0 radical (unpaired) electrons. The van der Waals surface area contributed by atoms with E-state index in [1.807, 2.05) is 5.43 Å². The minimum Gasteiger partial charge on any atom is -0.481 e. The third kappa shape index (κ3) is 6.95. The van der Waals surface area contributed by atoms with Gasteiger partial charge in [-0.1, -0.05) is 36.3 Å². The van der Waals surface area contributed by atoms with Crippen molar-refractivity contribution in [1.29, 1.82) is 0 Å². The number of rotatable bonds is 11. The molecule has 0 aliphatic rings. The minimum atomic E-state index is -1.55. The molecular weight excluding hydrogens is 358 g/mol. The van der Waals surface area contributed by atoms with Gasteiger partial charge in [-0.15, -0.1) is 12.0 Å². The summed E-state index contributed by atoms with van der Waals surface area (Å²) in [5, 5.41) is 22.0. The summed E-state index contributed by atoms with van der Waals surface area (Å²) in [5.41, 5.74) is 11.0. The first kappa shape index (κ1) is 21.3. The first-order chi connectivity index (χ1) is 12.9. The Morgan fingerprint density at radius 3 is 2.52 bits per heavy atom. The van der Waals surface area contributed by atoms with Crippen LogP contribution < -0.4 is 5.43 Å². The summed E-state index contributed by atoms with van der Waals surface area (Å²) < 4.78 is 0. The van der Waals surface area contributed by atoms with Gasteiger partial charge < -0.3 is 10.2 Å². The van der Waals surface area contributed by atoms with Crippen molar-refractivity contribution in [1.82, 2.24) is 10.5 Å². The normalized spacial score (nSPS) is 12.0. The summed E-state index contributed by atoms with van der Waals surface area (Å²) in [6.07, 6.45) is 4.22. The fourth-order valence-corrected chi connectivity index (χ4v) is 2.13. The molecule has 1 rings (SSSR count). The number of azide groups is 1. The van der Waals surface area contributed by atoms with E-state index in [1.165, 1.54) is 0 Å². The zero-order valence-electron chi connectivity index (χ0n) is 14.1. The molecule has 0 heterocycles. The smallest absolute Gasteiger partial charge is 0.329 e. The van der Waals surface area contributed by atoms with E-state index in [0.717, 1.165) is 0 Å². The predicted molar refractivity (Wildman–Crippen MR) is 91.5 cm³/mol. The van der Waals surface area contributed by atoms with E-state index in [9.17, 15) is 19.5 Å². The molecule has 0 saturated heterocycles. The Morgan fingerprint density at radius 1 is 1.33 bits per heavy atom. The van der Waals surface area contributed by atoms with Crippen LogP contribution in [0.2, 0.25) is 0 Å². The van der Waals surface area contributed by atoms with Crippen LogP contribution in [-0.4, -0.2) is 51.8 Å². The number of amides is 1. The van der Waals surface area contributed by atoms with Crippen molar-refractivity contribution in [3.63, 3.8) is 0 Å². The van der Waals surface area contributed by atoms with Gasteiger partial charge in [0.25, 0.3) is 5.91 Å². The number of nitrogens with zero attached hydrogens (tertiary/aromatic N) is 4. The molecule has 142 valence electrons. The standard InChI is InChI=1S/C16H17N5O6/c1-2-8-27-21(15(24)12(10-14(22)23)18-20-19-17)13(16(25)26)9-11-6-4-3-5-7-11/h1,3-7,12-13,18H,8-10H2,(H,22,23)(H,25,26)/t12-,13-/m0/s1. The molecular formula is C16H17N5O6. The zero-order chi connectivity index (χ0) is 20.2. The Kier molecular flexibility index (Phi) is 8.67. The van der Waals surface area contributed by atoms with E-state index >= 15 is 0 Å². The third-order valence-electron chi connectivity index (χ3n) is 3.28. The molecule has 1 aromatic carbocycles. The summed E-state index contributed by atoms with van der Waals surface area (Å²) >= 11 is 0. The lowest BCUT2D eigenvalue weighted by atomic mass is 10.0. The fraction of sp³-hybridized carbons (Fsp3) is 0.312. The first-order valence-corrected chi connectivity index (χ1v) is 7.58. The summed E-state index contributed by atoms with van der Waals surface area (Å²) in [6.45, 7) is -0.425. The van der Waals surface area contributed by atoms with Gasteiger partial charge in [0.2, 0.25) is 0 Å². The SMILES string of the molecule is C#CCON(C(=O)[C@H](CC(=O)O)NN=[N+]=[N-])[C@@H](Cc1ccccc1)C(=O)O. The van der Waals surface area contributed by atoms with Crippen LogP contribution in [0.1, 0.15) is 12.0 Å². The highest BCUT2D eigenvalue weighted by molar-refractivity contribution is 5.89. The number of hydrogen-bond acceptors (Lipinski definition) is 5. The number of terminal acetylenes is 1. The largest absolute Gasteiger partial charge is 0.481 e. The molecule has 11 heteroatoms. The number of carboxylic acid groups (broad SMARTS) is 2. The van der Waals surface area contributed by atoms with E-state index in [0.29, 0.717) is 10.6 Å². The van der Waals surface area contributed by atoms with Gasteiger partial charge in [-0.25, -0.2) is 15.3 Å². The highest BCUT2D eigenvalue weighted by Crippen LogP contribution is 2.13. The number of carbonyl (C=O) groups excluding carboxylic acids is 1. The Labute approximate surface area is 154 Å². The second-order valence-corrected chi connectivity index (χ2v) is 5.15. The number of nitrogens with one attached hydrogen (secondary N) is 1. The zero-order valence-corrected chi connectivity index (χ0v) is 14.1. The van der Waals surface area contributed by atoms with E-state index in [-0.39, 0.29) is 6.42 Å². The quantitative estimate of drug-likeness (QED) is 0.169. The average molecular weight is 375 g/mol. The summed E-state index contributed by atoms with van der Waals surface area (Å²) in [5.74, 6) is -1.71. The van der Waals surface area contributed by atoms with Gasteiger partial charge in [0, 0.05) is 6.42 Å². The molecule has 1 amide bonds. The van der Waals surface area contributed by atoms with E-state index < -0.39 is 43.0 Å². The maximum Gasteiger partial charge on any atom is 0.329 e. The second kappa shape index (κ2) is 11.0. The number of hydrogen-bond donors (Lipinski definition) is 3. The summed E-state index contributed by atoms with van der Waals surface area (Å²) in [4.78, 5) is 42.9. The number of carboxylic acids is 2. The van der Waals surface area contributed by atoms with E-state index in [1.54, 1.807) is 30.3 Å². The molecule has 11 nitrogen and oxygen atoms in total.